The molecule has 4 rings (SSSR count). The van der Waals surface area contributed by atoms with E-state index in [0.717, 1.165) is 11.3 Å². The molecule has 0 saturated carbocycles. The molecule has 2 aromatic carbocycles. The number of fused-ring (bicyclic) bond motifs is 1. The lowest BCUT2D eigenvalue weighted by Gasteiger charge is -2.09. The molecule has 1 aliphatic rings. The number of ether oxygens (including phenoxy) is 2. The third-order valence-corrected chi connectivity index (χ3v) is 4.40. The third kappa shape index (κ3) is 3.99. The number of aromatic nitrogens is 1. The number of pyridine rings is 1. The van der Waals surface area contributed by atoms with Gasteiger partial charge in [-0.1, -0.05) is 17.7 Å². The third-order valence-electron chi connectivity index (χ3n) is 4.11. The van der Waals surface area contributed by atoms with E-state index in [9.17, 15) is 9.18 Å². The van der Waals surface area contributed by atoms with E-state index in [1.54, 1.807) is 12.3 Å². The normalized spacial score (nSPS) is 11.9. The Morgan fingerprint density at radius 1 is 1.07 bits per heavy atom. The van der Waals surface area contributed by atoms with Crippen molar-refractivity contribution in [1.29, 1.82) is 0 Å². The zero-order valence-electron chi connectivity index (χ0n) is 14.5. The predicted octanol–water partition coefficient (Wildman–Crippen LogP) is 4.47. The summed E-state index contributed by atoms with van der Waals surface area (Å²) in [6.45, 7) is 0.753. The van der Waals surface area contributed by atoms with E-state index in [4.69, 9.17) is 21.1 Å². The van der Waals surface area contributed by atoms with E-state index in [1.165, 1.54) is 24.4 Å². The lowest BCUT2D eigenvalue weighted by atomic mass is 10.2. The number of amides is 1. The van der Waals surface area contributed by atoms with E-state index in [-0.39, 0.29) is 17.7 Å². The average Bonchev–Trinajstić information content (AvgIpc) is 3.17. The first-order valence-corrected chi connectivity index (χ1v) is 8.80. The number of nitrogens with zero attached hydrogens (tertiary/aromatic N) is 1. The van der Waals surface area contributed by atoms with Gasteiger partial charge in [0.1, 0.15) is 5.82 Å². The summed E-state index contributed by atoms with van der Waals surface area (Å²) in [5.74, 6) is 0.520. The fraction of sp³-hybridized carbons (Fsp3) is 0.100. The summed E-state index contributed by atoms with van der Waals surface area (Å²) in [6.07, 6.45) is 3.07. The molecule has 0 fully saturated rings. The minimum absolute atomic E-state index is 0.0601. The Morgan fingerprint density at radius 3 is 2.79 bits per heavy atom. The Bertz CT molecular complexity index is 1040. The van der Waals surface area contributed by atoms with E-state index in [0.29, 0.717) is 29.2 Å². The number of anilines is 2. The molecule has 1 aliphatic heterocycles. The van der Waals surface area contributed by atoms with Gasteiger partial charge in [0.05, 0.1) is 16.3 Å². The number of carbonyl (C=O) groups excluding carboxylic acids is 1. The van der Waals surface area contributed by atoms with Crippen LogP contribution in [0.25, 0.3) is 0 Å². The smallest absolute Gasteiger partial charge is 0.257 e. The van der Waals surface area contributed by atoms with Crippen molar-refractivity contribution in [2.24, 2.45) is 0 Å². The van der Waals surface area contributed by atoms with Gasteiger partial charge in [0.25, 0.3) is 5.91 Å². The molecule has 0 atom stereocenters. The van der Waals surface area contributed by atoms with Gasteiger partial charge in [0, 0.05) is 24.6 Å². The van der Waals surface area contributed by atoms with Crippen LogP contribution >= 0.6 is 11.6 Å². The molecule has 0 bridgehead atoms. The molecule has 1 aromatic heterocycles. The van der Waals surface area contributed by atoms with Gasteiger partial charge >= 0.3 is 0 Å². The van der Waals surface area contributed by atoms with Gasteiger partial charge in [-0.2, -0.15) is 0 Å². The molecule has 2 heterocycles. The maximum Gasteiger partial charge on any atom is 0.257 e. The van der Waals surface area contributed by atoms with Gasteiger partial charge in [0.15, 0.2) is 11.5 Å². The van der Waals surface area contributed by atoms with E-state index in [1.807, 2.05) is 18.2 Å². The maximum absolute atomic E-state index is 13.2. The van der Waals surface area contributed by atoms with Crippen LogP contribution in [0.1, 0.15) is 15.9 Å². The van der Waals surface area contributed by atoms with Crippen LogP contribution in [0.4, 0.5) is 15.8 Å². The van der Waals surface area contributed by atoms with E-state index >= 15 is 0 Å². The summed E-state index contributed by atoms with van der Waals surface area (Å²) in [7, 11) is 0. The van der Waals surface area contributed by atoms with Crippen molar-refractivity contribution in [3.8, 4) is 11.5 Å². The van der Waals surface area contributed by atoms with Crippen molar-refractivity contribution in [2.75, 3.05) is 17.4 Å². The van der Waals surface area contributed by atoms with Gasteiger partial charge in [-0.15, -0.1) is 0 Å². The highest BCUT2D eigenvalue weighted by atomic mass is 35.5. The fourth-order valence-corrected chi connectivity index (χ4v) is 2.87. The predicted molar refractivity (Wildman–Crippen MR) is 103 cm³/mol. The van der Waals surface area contributed by atoms with Crippen LogP contribution in [0, 0.1) is 5.82 Å². The maximum atomic E-state index is 13.2. The van der Waals surface area contributed by atoms with Gasteiger partial charge in [-0.05, 0) is 42.0 Å². The minimum Gasteiger partial charge on any atom is -0.454 e. The van der Waals surface area contributed by atoms with Crippen molar-refractivity contribution < 1.29 is 18.7 Å². The first-order chi connectivity index (χ1) is 13.6. The highest BCUT2D eigenvalue weighted by Crippen LogP contribution is 2.32. The number of benzene rings is 2. The molecule has 2 N–H and O–H groups in total. The molecule has 3 aromatic rings. The van der Waals surface area contributed by atoms with E-state index in [2.05, 4.69) is 15.6 Å². The van der Waals surface area contributed by atoms with Crippen LogP contribution in [0.15, 0.2) is 54.9 Å². The molecule has 0 spiro atoms. The van der Waals surface area contributed by atoms with E-state index < -0.39 is 5.82 Å². The Hall–Kier alpha value is -3.32. The zero-order valence-corrected chi connectivity index (χ0v) is 15.3. The quantitative estimate of drug-likeness (QED) is 0.662. The van der Waals surface area contributed by atoms with Crippen LogP contribution < -0.4 is 20.1 Å². The van der Waals surface area contributed by atoms with Crippen LogP contribution in [0.3, 0.4) is 0 Å². The summed E-state index contributed by atoms with van der Waals surface area (Å²) in [5, 5.41) is 5.83. The standard InChI is InChI=1S/C20H15ClFN3O3/c21-16-7-14(2-3-17(16)22)25-20(26)13-6-15(10-23-9-13)24-8-12-1-4-18-19(5-12)28-11-27-18/h1-7,9-10,24H,8,11H2,(H,25,26). The SMILES string of the molecule is O=C(Nc1ccc(F)c(Cl)c1)c1cncc(NCc2ccc3c(c2)OCO3)c1. The molecular formula is C20H15ClFN3O3. The van der Waals surface area contributed by atoms with Crippen LogP contribution in [0.5, 0.6) is 11.5 Å². The van der Waals surface area contributed by atoms with Crippen molar-refractivity contribution in [3.63, 3.8) is 0 Å². The van der Waals surface area contributed by atoms with Crippen molar-refractivity contribution in [2.45, 2.75) is 6.54 Å². The molecule has 8 heteroatoms. The molecular weight excluding hydrogens is 385 g/mol. The molecule has 0 saturated heterocycles. The van der Waals surface area contributed by atoms with Crippen LogP contribution in [0.2, 0.25) is 5.02 Å². The lowest BCUT2D eigenvalue weighted by molar-refractivity contribution is 0.102. The van der Waals surface area contributed by atoms with Gasteiger partial charge in [0.2, 0.25) is 6.79 Å². The molecule has 28 heavy (non-hydrogen) atoms. The Balaban J connectivity index is 1.42. The fourth-order valence-electron chi connectivity index (χ4n) is 2.69. The Morgan fingerprint density at radius 2 is 1.93 bits per heavy atom. The second-order valence-corrected chi connectivity index (χ2v) is 6.49. The zero-order chi connectivity index (χ0) is 19.5. The topological polar surface area (TPSA) is 72.5 Å². The number of rotatable bonds is 5. The summed E-state index contributed by atoms with van der Waals surface area (Å²) >= 11 is 5.74. The van der Waals surface area contributed by atoms with Gasteiger partial charge < -0.3 is 20.1 Å². The first kappa shape index (κ1) is 18.1. The molecule has 0 aliphatic carbocycles. The minimum atomic E-state index is -0.545. The second-order valence-electron chi connectivity index (χ2n) is 6.09. The molecule has 6 nitrogen and oxygen atoms in total. The number of nitrogens with one attached hydrogen (secondary N) is 2. The summed E-state index contributed by atoms with van der Waals surface area (Å²) in [4.78, 5) is 16.5. The first-order valence-electron chi connectivity index (χ1n) is 8.42. The Labute approximate surface area is 165 Å². The highest BCUT2D eigenvalue weighted by Gasteiger charge is 2.13. The van der Waals surface area contributed by atoms with Crippen molar-refractivity contribution in [1.82, 2.24) is 4.98 Å². The number of halogens is 2. The lowest BCUT2D eigenvalue weighted by Crippen LogP contribution is -2.13. The number of hydrogen-bond acceptors (Lipinski definition) is 5. The molecule has 0 radical (unpaired) electrons. The average molecular weight is 400 g/mol. The molecule has 142 valence electrons. The summed E-state index contributed by atoms with van der Waals surface area (Å²) in [6, 6.07) is 11.4. The second kappa shape index (κ2) is 7.74. The van der Waals surface area contributed by atoms with Gasteiger partial charge in [-0.25, -0.2) is 4.39 Å². The van der Waals surface area contributed by atoms with Crippen molar-refractivity contribution in [3.05, 3.63) is 76.8 Å². The summed E-state index contributed by atoms with van der Waals surface area (Å²) in [5.41, 5.74) is 2.44. The summed E-state index contributed by atoms with van der Waals surface area (Å²) < 4.78 is 23.9. The van der Waals surface area contributed by atoms with Gasteiger partial charge in [-0.3, -0.25) is 9.78 Å². The largest absolute Gasteiger partial charge is 0.454 e. The number of carbonyl (C=O) groups is 1. The highest BCUT2D eigenvalue weighted by molar-refractivity contribution is 6.31. The van der Waals surface area contributed by atoms with Crippen molar-refractivity contribution >= 4 is 28.9 Å². The molecule has 0 unspecified atom stereocenters. The van der Waals surface area contributed by atoms with Crippen LogP contribution in [-0.4, -0.2) is 17.7 Å². The van der Waals surface area contributed by atoms with Crippen LogP contribution in [-0.2, 0) is 6.54 Å². The number of hydrogen-bond donors (Lipinski definition) is 2. The molecule has 1 amide bonds. The monoisotopic (exact) mass is 399 g/mol. The Kier molecular flexibility index (Phi) is 4.99.